The van der Waals surface area contributed by atoms with Crippen LogP contribution in [0.1, 0.15) is 42.9 Å². The van der Waals surface area contributed by atoms with E-state index in [1.165, 1.54) is 48.7 Å². The highest BCUT2D eigenvalue weighted by Gasteiger charge is 2.19. The SMILES string of the molecule is CCCN1CCC(NC(=NC)NCc2ccc(CC)s2)CC1.I. The third kappa shape index (κ3) is 6.97. The molecular weight excluding hydrogens is 419 g/mol. The van der Waals surface area contributed by atoms with Gasteiger partial charge >= 0.3 is 0 Å². The molecule has 2 rings (SSSR count). The normalized spacial score (nSPS) is 16.9. The fourth-order valence-corrected chi connectivity index (χ4v) is 3.78. The minimum absolute atomic E-state index is 0. The Hall–Kier alpha value is -0.340. The van der Waals surface area contributed by atoms with Crippen molar-refractivity contribution in [2.24, 2.45) is 4.99 Å². The number of thiophene rings is 1. The Balaban J connectivity index is 0.00000264. The summed E-state index contributed by atoms with van der Waals surface area (Å²) in [6.45, 7) is 8.95. The van der Waals surface area contributed by atoms with Crippen molar-refractivity contribution in [3.63, 3.8) is 0 Å². The van der Waals surface area contributed by atoms with Gasteiger partial charge in [-0.15, -0.1) is 35.3 Å². The molecule has 1 fully saturated rings. The summed E-state index contributed by atoms with van der Waals surface area (Å²) < 4.78 is 0. The first kappa shape index (κ1) is 20.7. The number of hydrogen-bond donors (Lipinski definition) is 2. The first-order valence-corrected chi connectivity index (χ1v) is 9.33. The fraction of sp³-hybridized carbons (Fsp3) is 0.706. The lowest BCUT2D eigenvalue weighted by atomic mass is 10.1. The van der Waals surface area contributed by atoms with E-state index in [0.717, 1.165) is 18.9 Å². The predicted octanol–water partition coefficient (Wildman–Crippen LogP) is 3.47. The molecule has 1 aromatic rings. The average molecular weight is 450 g/mol. The number of nitrogens with zero attached hydrogens (tertiary/aromatic N) is 2. The number of hydrogen-bond acceptors (Lipinski definition) is 3. The van der Waals surface area contributed by atoms with E-state index in [4.69, 9.17) is 0 Å². The quantitative estimate of drug-likeness (QED) is 0.396. The molecule has 6 heteroatoms. The second kappa shape index (κ2) is 11.3. The van der Waals surface area contributed by atoms with Crippen LogP contribution < -0.4 is 10.6 Å². The van der Waals surface area contributed by atoms with Gasteiger partial charge in [0.1, 0.15) is 0 Å². The first-order valence-electron chi connectivity index (χ1n) is 8.52. The number of aliphatic imine (C=N–C) groups is 1. The van der Waals surface area contributed by atoms with Crippen molar-refractivity contribution in [1.82, 2.24) is 15.5 Å². The van der Waals surface area contributed by atoms with E-state index in [2.05, 4.69) is 46.5 Å². The van der Waals surface area contributed by atoms with Crippen molar-refractivity contribution in [3.05, 3.63) is 21.9 Å². The van der Waals surface area contributed by atoms with Crippen LogP contribution in [0.15, 0.2) is 17.1 Å². The number of halogens is 1. The summed E-state index contributed by atoms with van der Waals surface area (Å²) in [6.07, 6.45) is 4.79. The molecule has 1 aromatic heterocycles. The summed E-state index contributed by atoms with van der Waals surface area (Å²) in [7, 11) is 1.85. The Morgan fingerprint density at radius 2 is 1.96 bits per heavy atom. The molecule has 0 bridgehead atoms. The van der Waals surface area contributed by atoms with Gasteiger partial charge in [-0.3, -0.25) is 4.99 Å². The average Bonchev–Trinajstić information content (AvgIpc) is 3.01. The minimum atomic E-state index is 0. The highest BCUT2D eigenvalue weighted by Crippen LogP contribution is 2.16. The molecule has 1 aliphatic rings. The van der Waals surface area contributed by atoms with Gasteiger partial charge in [0.05, 0.1) is 6.54 Å². The van der Waals surface area contributed by atoms with Crippen LogP contribution in [0.2, 0.25) is 0 Å². The summed E-state index contributed by atoms with van der Waals surface area (Å²) in [4.78, 5) is 9.75. The molecular formula is C17H31IN4S. The van der Waals surface area contributed by atoms with E-state index < -0.39 is 0 Å². The monoisotopic (exact) mass is 450 g/mol. The maximum Gasteiger partial charge on any atom is 0.191 e. The van der Waals surface area contributed by atoms with Crippen LogP contribution >= 0.6 is 35.3 Å². The molecule has 0 radical (unpaired) electrons. The zero-order chi connectivity index (χ0) is 15.8. The first-order chi connectivity index (χ1) is 10.7. The van der Waals surface area contributed by atoms with Crippen molar-refractivity contribution >= 4 is 41.3 Å². The maximum atomic E-state index is 4.36. The third-order valence-electron chi connectivity index (χ3n) is 4.19. The van der Waals surface area contributed by atoms with Crippen LogP contribution in [0.3, 0.4) is 0 Å². The van der Waals surface area contributed by atoms with Crippen LogP contribution in [-0.4, -0.2) is 43.6 Å². The number of rotatable bonds is 6. The molecule has 0 atom stereocenters. The fourth-order valence-electron chi connectivity index (χ4n) is 2.88. The number of aryl methyl sites for hydroxylation is 1. The second-order valence-electron chi connectivity index (χ2n) is 5.91. The van der Waals surface area contributed by atoms with Gasteiger partial charge in [-0.25, -0.2) is 0 Å². The summed E-state index contributed by atoms with van der Waals surface area (Å²) in [5.41, 5.74) is 0. The molecule has 132 valence electrons. The van der Waals surface area contributed by atoms with Gasteiger partial charge in [0, 0.05) is 35.9 Å². The van der Waals surface area contributed by atoms with Gasteiger partial charge in [-0.1, -0.05) is 13.8 Å². The van der Waals surface area contributed by atoms with E-state index in [0.29, 0.717) is 6.04 Å². The number of likely N-dealkylation sites (tertiary alicyclic amines) is 1. The minimum Gasteiger partial charge on any atom is -0.354 e. The van der Waals surface area contributed by atoms with Crippen molar-refractivity contribution in [2.75, 3.05) is 26.7 Å². The van der Waals surface area contributed by atoms with E-state index in [1.54, 1.807) is 0 Å². The van der Waals surface area contributed by atoms with Crippen LogP contribution in [0.5, 0.6) is 0 Å². The smallest absolute Gasteiger partial charge is 0.191 e. The van der Waals surface area contributed by atoms with Gasteiger partial charge in [0.2, 0.25) is 0 Å². The predicted molar refractivity (Wildman–Crippen MR) is 112 cm³/mol. The molecule has 0 aromatic carbocycles. The summed E-state index contributed by atoms with van der Waals surface area (Å²) >= 11 is 1.89. The van der Waals surface area contributed by atoms with E-state index in [-0.39, 0.29) is 24.0 Å². The summed E-state index contributed by atoms with van der Waals surface area (Å²) in [5.74, 6) is 0.931. The van der Waals surface area contributed by atoms with Crippen LogP contribution in [0, 0.1) is 0 Å². The number of piperidine rings is 1. The lowest BCUT2D eigenvalue weighted by Crippen LogP contribution is -2.48. The molecule has 1 saturated heterocycles. The van der Waals surface area contributed by atoms with Crippen molar-refractivity contribution in [2.45, 2.75) is 52.1 Å². The molecule has 4 nitrogen and oxygen atoms in total. The van der Waals surface area contributed by atoms with E-state index in [9.17, 15) is 0 Å². The molecule has 1 aliphatic heterocycles. The maximum absolute atomic E-state index is 4.36. The Labute approximate surface area is 162 Å². The number of nitrogens with one attached hydrogen (secondary N) is 2. The van der Waals surface area contributed by atoms with Crippen molar-refractivity contribution in [3.8, 4) is 0 Å². The van der Waals surface area contributed by atoms with Crippen LogP contribution in [0.25, 0.3) is 0 Å². The zero-order valence-electron chi connectivity index (χ0n) is 14.6. The molecule has 23 heavy (non-hydrogen) atoms. The number of guanidine groups is 1. The van der Waals surface area contributed by atoms with E-state index in [1.807, 2.05) is 18.4 Å². The van der Waals surface area contributed by atoms with E-state index >= 15 is 0 Å². The summed E-state index contributed by atoms with van der Waals surface area (Å²) in [5, 5.41) is 7.02. The Morgan fingerprint density at radius 1 is 1.26 bits per heavy atom. The van der Waals surface area contributed by atoms with Gasteiger partial charge in [-0.05, 0) is 44.4 Å². The van der Waals surface area contributed by atoms with Crippen molar-refractivity contribution in [1.29, 1.82) is 0 Å². The lowest BCUT2D eigenvalue weighted by molar-refractivity contribution is 0.206. The topological polar surface area (TPSA) is 39.7 Å². The molecule has 0 unspecified atom stereocenters. The molecule has 0 spiro atoms. The highest BCUT2D eigenvalue weighted by molar-refractivity contribution is 14.0. The molecule has 0 aliphatic carbocycles. The molecule has 2 N–H and O–H groups in total. The van der Waals surface area contributed by atoms with Gasteiger partial charge < -0.3 is 15.5 Å². The largest absolute Gasteiger partial charge is 0.354 e. The second-order valence-corrected chi connectivity index (χ2v) is 7.16. The van der Waals surface area contributed by atoms with Crippen molar-refractivity contribution < 1.29 is 0 Å². The third-order valence-corrected chi connectivity index (χ3v) is 5.42. The van der Waals surface area contributed by atoms with Crippen LogP contribution in [-0.2, 0) is 13.0 Å². The van der Waals surface area contributed by atoms with Gasteiger partial charge in [0.15, 0.2) is 5.96 Å². The van der Waals surface area contributed by atoms with Gasteiger partial charge in [-0.2, -0.15) is 0 Å². The Kier molecular flexibility index (Phi) is 10.1. The Bertz CT molecular complexity index is 467. The molecule has 0 amide bonds. The molecule has 2 heterocycles. The highest BCUT2D eigenvalue weighted by atomic mass is 127. The lowest BCUT2D eigenvalue weighted by Gasteiger charge is -2.32. The van der Waals surface area contributed by atoms with Gasteiger partial charge in [0.25, 0.3) is 0 Å². The standard InChI is InChI=1S/C17H30N4S.HI/c1-4-10-21-11-8-14(9-12-21)20-17(18-3)19-13-16-7-6-15(5-2)22-16;/h6-7,14H,4-5,8-13H2,1-3H3,(H2,18,19,20);1H. The Morgan fingerprint density at radius 3 is 2.52 bits per heavy atom. The summed E-state index contributed by atoms with van der Waals surface area (Å²) in [6, 6.07) is 4.99. The molecule has 0 saturated carbocycles. The zero-order valence-corrected chi connectivity index (χ0v) is 17.7. The van der Waals surface area contributed by atoms with Crippen LogP contribution in [0.4, 0.5) is 0 Å².